The summed E-state index contributed by atoms with van der Waals surface area (Å²) in [7, 11) is 0. The minimum absolute atomic E-state index is 0.0308. The van der Waals surface area contributed by atoms with Crippen LogP contribution in [0.1, 0.15) is 25.3 Å². The number of amides is 1. The van der Waals surface area contributed by atoms with Crippen LogP contribution >= 0.6 is 11.6 Å². The van der Waals surface area contributed by atoms with Crippen LogP contribution in [0.15, 0.2) is 24.3 Å². The molecule has 1 amide bonds. The molecule has 2 rings (SSSR count). The lowest BCUT2D eigenvalue weighted by Gasteiger charge is -2.16. The number of benzene rings is 1. The Bertz CT molecular complexity index is 385. The van der Waals surface area contributed by atoms with Crippen LogP contribution in [0.3, 0.4) is 0 Å². The summed E-state index contributed by atoms with van der Waals surface area (Å²) in [5, 5.41) is 3.65. The third kappa shape index (κ3) is 2.32. The van der Waals surface area contributed by atoms with Gasteiger partial charge in [0.1, 0.15) is 0 Å². The molecule has 3 heteroatoms. The number of hydrogen-bond donors (Lipinski definition) is 1. The Morgan fingerprint density at radius 2 is 2.27 bits per heavy atom. The van der Waals surface area contributed by atoms with E-state index in [0.29, 0.717) is 0 Å². The summed E-state index contributed by atoms with van der Waals surface area (Å²) >= 11 is 5.95. The zero-order valence-electron chi connectivity index (χ0n) is 8.72. The topological polar surface area (TPSA) is 29.1 Å². The highest BCUT2D eigenvalue weighted by Gasteiger charge is 2.44. The molecule has 15 heavy (non-hydrogen) atoms. The van der Waals surface area contributed by atoms with Crippen LogP contribution in [0.25, 0.3) is 0 Å². The summed E-state index contributed by atoms with van der Waals surface area (Å²) in [5.41, 5.74) is 1.39. The van der Waals surface area contributed by atoms with E-state index in [2.05, 4.69) is 11.4 Å². The predicted octanol–water partition coefficient (Wildman–Crippen LogP) is 2.51. The van der Waals surface area contributed by atoms with Crippen LogP contribution in [-0.2, 0) is 10.2 Å². The van der Waals surface area contributed by atoms with Crippen LogP contribution < -0.4 is 5.32 Å². The molecular formula is C12H14ClNO. The maximum absolute atomic E-state index is 10.9. The van der Waals surface area contributed by atoms with Crippen molar-refractivity contribution in [3.63, 3.8) is 0 Å². The Labute approximate surface area is 94.6 Å². The van der Waals surface area contributed by atoms with E-state index in [9.17, 15) is 4.79 Å². The van der Waals surface area contributed by atoms with E-state index in [0.717, 1.165) is 24.4 Å². The summed E-state index contributed by atoms with van der Waals surface area (Å²) in [6.45, 7) is 2.27. The van der Waals surface area contributed by atoms with Crippen LogP contribution in [-0.4, -0.2) is 12.5 Å². The third-order valence-electron chi connectivity index (χ3n) is 2.97. The second-order valence-corrected chi connectivity index (χ2v) is 4.64. The summed E-state index contributed by atoms with van der Waals surface area (Å²) in [6, 6.07) is 7.92. The van der Waals surface area contributed by atoms with E-state index in [1.807, 2.05) is 18.2 Å². The van der Waals surface area contributed by atoms with Gasteiger partial charge in [-0.3, -0.25) is 4.79 Å². The van der Waals surface area contributed by atoms with Gasteiger partial charge in [-0.15, -0.1) is 0 Å². The molecule has 1 saturated carbocycles. The lowest BCUT2D eigenvalue weighted by Crippen LogP contribution is -2.30. The quantitative estimate of drug-likeness (QED) is 0.838. The van der Waals surface area contributed by atoms with Crippen LogP contribution in [0, 0.1) is 0 Å². The number of rotatable bonds is 3. The molecule has 0 aromatic heterocycles. The second kappa shape index (κ2) is 3.86. The molecule has 0 atom stereocenters. The van der Waals surface area contributed by atoms with E-state index in [1.54, 1.807) is 6.92 Å². The molecule has 1 aliphatic rings. The average Bonchev–Trinajstić information content (AvgIpc) is 2.96. The number of hydrogen-bond acceptors (Lipinski definition) is 1. The molecule has 2 nitrogen and oxygen atoms in total. The molecule has 80 valence electrons. The Kier molecular flexibility index (Phi) is 2.70. The van der Waals surface area contributed by atoms with Crippen molar-refractivity contribution < 1.29 is 4.79 Å². The molecule has 0 radical (unpaired) electrons. The summed E-state index contributed by atoms with van der Waals surface area (Å²) in [6.07, 6.45) is 2.27. The van der Waals surface area contributed by atoms with Gasteiger partial charge in [0.25, 0.3) is 0 Å². The van der Waals surface area contributed by atoms with E-state index in [1.165, 1.54) is 5.56 Å². The third-order valence-corrected chi connectivity index (χ3v) is 3.20. The lowest BCUT2D eigenvalue weighted by molar-refractivity contribution is -0.119. The van der Waals surface area contributed by atoms with Gasteiger partial charge in [0, 0.05) is 23.9 Å². The van der Waals surface area contributed by atoms with Gasteiger partial charge in [0.15, 0.2) is 0 Å². The first kappa shape index (κ1) is 10.5. The van der Waals surface area contributed by atoms with Crippen molar-refractivity contribution in [1.82, 2.24) is 5.32 Å². The Hall–Kier alpha value is -1.02. The van der Waals surface area contributed by atoms with Crippen molar-refractivity contribution in [3.8, 4) is 0 Å². The van der Waals surface area contributed by atoms with Gasteiger partial charge in [-0.1, -0.05) is 23.7 Å². The summed E-state index contributed by atoms with van der Waals surface area (Å²) < 4.78 is 0. The molecule has 0 unspecified atom stereocenters. The van der Waals surface area contributed by atoms with Crippen LogP contribution in [0.2, 0.25) is 5.02 Å². The van der Waals surface area contributed by atoms with E-state index in [4.69, 9.17) is 11.6 Å². The van der Waals surface area contributed by atoms with Crippen molar-refractivity contribution in [2.24, 2.45) is 0 Å². The van der Waals surface area contributed by atoms with Gasteiger partial charge in [-0.05, 0) is 30.5 Å². The molecule has 0 spiro atoms. The zero-order valence-corrected chi connectivity index (χ0v) is 9.47. The summed E-state index contributed by atoms with van der Waals surface area (Å²) in [4.78, 5) is 10.9. The number of carbonyl (C=O) groups excluding carboxylic acids is 1. The van der Waals surface area contributed by atoms with Gasteiger partial charge in [0.05, 0.1) is 0 Å². The van der Waals surface area contributed by atoms with Gasteiger partial charge < -0.3 is 5.32 Å². The van der Waals surface area contributed by atoms with Crippen molar-refractivity contribution in [2.75, 3.05) is 6.54 Å². The lowest BCUT2D eigenvalue weighted by atomic mass is 9.96. The average molecular weight is 224 g/mol. The number of nitrogens with one attached hydrogen (secondary N) is 1. The number of carbonyl (C=O) groups is 1. The molecule has 1 aliphatic carbocycles. The molecular weight excluding hydrogens is 210 g/mol. The van der Waals surface area contributed by atoms with Crippen molar-refractivity contribution in [1.29, 1.82) is 0 Å². The highest BCUT2D eigenvalue weighted by atomic mass is 35.5. The molecule has 1 N–H and O–H groups in total. The van der Waals surface area contributed by atoms with Gasteiger partial charge in [0.2, 0.25) is 5.91 Å². The Morgan fingerprint density at radius 1 is 1.53 bits per heavy atom. The maximum Gasteiger partial charge on any atom is 0.216 e. The zero-order chi connectivity index (χ0) is 10.9. The predicted molar refractivity (Wildman–Crippen MR) is 61.0 cm³/mol. The fourth-order valence-electron chi connectivity index (χ4n) is 1.83. The monoisotopic (exact) mass is 223 g/mol. The van der Waals surface area contributed by atoms with Gasteiger partial charge >= 0.3 is 0 Å². The Morgan fingerprint density at radius 3 is 2.80 bits per heavy atom. The van der Waals surface area contributed by atoms with Crippen LogP contribution in [0.4, 0.5) is 0 Å². The molecule has 0 heterocycles. The highest BCUT2D eigenvalue weighted by Crippen LogP contribution is 2.48. The van der Waals surface area contributed by atoms with Gasteiger partial charge in [-0.2, -0.15) is 0 Å². The molecule has 1 aromatic rings. The molecule has 1 aromatic carbocycles. The standard InChI is InChI=1S/C12H14ClNO/c1-9(15)14-8-12(5-6-12)10-3-2-4-11(13)7-10/h2-4,7H,5-6,8H2,1H3,(H,14,15). The van der Waals surface area contributed by atoms with Gasteiger partial charge in [-0.25, -0.2) is 0 Å². The molecule has 0 bridgehead atoms. The second-order valence-electron chi connectivity index (χ2n) is 4.20. The van der Waals surface area contributed by atoms with Crippen molar-refractivity contribution in [2.45, 2.75) is 25.2 Å². The molecule has 1 fully saturated rings. The summed E-state index contributed by atoms with van der Waals surface area (Å²) in [5.74, 6) is 0.0308. The largest absolute Gasteiger partial charge is 0.355 e. The van der Waals surface area contributed by atoms with E-state index < -0.39 is 0 Å². The fraction of sp³-hybridized carbons (Fsp3) is 0.417. The maximum atomic E-state index is 10.9. The van der Waals surface area contributed by atoms with E-state index in [-0.39, 0.29) is 11.3 Å². The van der Waals surface area contributed by atoms with Crippen molar-refractivity contribution >= 4 is 17.5 Å². The SMILES string of the molecule is CC(=O)NCC1(c2cccc(Cl)c2)CC1. The van der Waals surface area contributed by atoms with Crippen LogP contribution in [0.5, 0.6) is 0 Å². The smallest absolute Gasteiger partial charge is 0.216 e. The van der Waals surface area contributed by atoms with E-state index >= 15 is 0 Å². The highest BCUT2D eigenvalue weighted by molar-refractivity contribution is 6.30. The number of halogens is 1. The first-order valence-electron chi connectivity index (χ1n) is 5.13. The fourth-order valence-corrected chi connectivity index (χ4v) is 2.02. The Balaban J connectivity index is 2.12. The molecule has 0 aliphatic heterocycles. The normalized spacial score (nSPS) is 17.2. The first-order chi connectivity index (χ1) is 7.12. The minimum atomic E-state index is 0.0308. The molecule has 0 saturated heterocycles. The van der Waals surface area contributed by atoms with Crippen molar-refractivity contribution in [3.05, 3.63) is 34.9 Å². The first-order valence-corrected chi connectivity index (χ1v) is 5.51. The minimum Gasteiger partial charge on any atom is -0.355 e.